The minimum absolute atomic E-state index is 0.00915. The van der Waals surface area contributed by atoms with Crippen LogP contribution < -0.4 is 26.0 Å². The molecule has 0 atom stereocenters. The van der Waals surface area contributed by atoms with Gasteiger partial charge in [-0.05, 0) is 24.3 Å². The van der Waals surface area contributed by atoms with Gasteiger partial charge in [0, 0.05) is 34.4 Å². The van der Waals surface area contributed by atoms with E-state index in [2.05, 4.69) is 10.3 Å². The quantitative estimate of drug-likeness (QED) is 0.285. The van der Waals surface area contributed by atoms with E-state index in [1.165, 1.54) is 12.2 Å². The predicted octanol–water partition coefficient (Wildman–Crippen LogP) is 2.46. The zero-order chi connectivity index (χ0) is 24.5. The number of aromatic nitrogens is 3. The molecule has 0 aliphatic carbocycles. The summed E-state index contributed by atoms with van der Waals surface area (Å²) in [6.07, 6.45) is 4.53. The summed E-state index contributed by atoms with van der Waals surface area (Å²) in [5.41, 5.74) is -1.02. The van der Waals surface area contributed by atoms with Crippen LogP contribution in [0.2, 0.25) is 0 Å². The van der Waals surface area contributed by atoms with Crippen LogP contribution in [0.25, 0.3) is 23.1 Å². The highest BCUT2D eigenvalue weighted by molar-refractivity contribution is 5.95. The van der Waals surface area contributed by atoms with Crippen molar-refractivity contribution >= 4 is 40.3 Å². The maximum atomic E-state index is 12.7. The number of benzene rings is 2. The van der Waals surface area contributed by atoms with Crippen molar-refractivity contribution in [3.8, 4) is 11.5 Å². The van der Waals surface area contributed by atoms with Crippen molar-refractivity contribution in [1.29, 1.82) is 0 Å². The molecule has 4 aromatic rings. The Morgan fingerprint density at radius 3 is 2.74 bits per heavy atom. The Morgan fingerprint density at radius 1 is 1.11 bits per heavy atom. The van der Waals surface area contributed by atoms with Crippen LogP contribution in [0, 0.1) is 10.1 Å². The fraction of sp³-hybridized carbons (Fsp3) is 0.0870. The number of nitro groups is 1. The molecule has 2 aromatic carbocycles. The van der Waals surface area contributed by atoms with Crippen LogP contribution in [0.5, 0.6) is 11.5 Å². The zero-order valence-corrected chi connectivity index (χ0v) is 17.9. The third kappa shape index (κ3) is 4.27. The number of nitrogens with zero attached hydrogens (tertiary/aromatic N) is 2. The van der Waals surface area contributed by atoms with Crippen LogP contribution in [-0.2, 0) is 11.3 Å². The van der Waals surface area contributed by atoms with Gasteiger partial charge in [-0.25, -0.2) is 4.79 Å². The minimum Gasteiger partial charge on any atom is -0.454 e. The van der Waals surface area contributed by atoms with Crippen LogP contribution in [-0.4, -0.2) is 32.2 Å². The summed E-state index contributed by atoms with van der Waals surface area (Å²) < 4.78 is 12.3. The number of hydrogen-bond acceptors (Lipinski definition) is 7. The Kier molecular flexibility index (Phi) is 5.37. The number of carbonyl (C=O) groups excluding carboxylic acids is 1. The smallest absolute Gasteiger partial charge is 0.357 e. The van der Waals surface area contributed by atoms with Gasteiger partial charge in [-0.3, -0.25) is 24.7 Å². The first-order valence-corrected chi connectivity index (χ1v) is 10.4. The van der Waals surface area contributed by atoms with Gasteiger partial charge >= 0.3 is 16.9 Å². The Morgan fingerprint density at radius 2 is 1.91 bits per heavy atom. The summed E-state index contributed by atoms with van der Waals surface area (Å²) in [6.45, 7) is 0.123. The van der Waals surface area contributed by atoms with E-state index in [0.29, 0.717) is 22.7 Å². The Bertz CT molecular complexity index is 1630. The largest absolute Gasteiger partial charge is 0.454 e. The molecule has 1 aliphatic rings. The number of hydrogen-bond donors (Lipinski definition) is 3. The Balaban J connectivity index is 1.43. The van der Waals surface area contributed by atoms with Gasteiger partial charge in [0.25, 0.3) is 0 Å². The topological polar surface area (TPSA) is 161 Å². The number of anilines is 1. The van der Waals surface area contributed by atoms with Crippen molar-refractivity contribution in [2.45, 2.75) is 6.54 Å². The molecule has 1 aliphatic heterocycles. The monoisotopic (exact) mass is 475 g/mol. The predicted molar refractivity (Wildman–Crippen MR) is 126 cm³/mol. The number of aromatic amines is 2. The molecule has 3 heterocycles. The van der Waals surface area contributed by atoms with Crippen LogP contribution in [0.1, 0.15) is 11.3 Å². The van der Waals surface area contributed by atoms with Crippen LogP contribution in [0.15, 0.2) is 58.3 Å². The number of ether oxygens (including phenoxy) is 2. The summed E-state index contributed by atoms with van der Waals surface area (Å²) in [7, 11) is 0. The highest BCUT2D eigenvalue weighted by atomic mass is 16.7. The molecule has 176 valence electrons. The standard InChI is InChI=1S/C23H17N5O7/c29-20(24-14-6-8-18-19(9-14)35-12-34-18)11-27-10-13(15-3-1-2-4-17(15)27)5-7-16-21(28(32)33)22(30)26-23(31)25-16/h1-10H,11-12H2,(H,24,29)(H2,25,26,30,31)/b7-5+. The average Bonchev–Trinajstić information content (AvgIpc) is 3.41. The van der Waals surface area contributed by atoms with Gasteiger partial charge in [-0.15, -0.1) is 0 Å². The molecular formula is C23H17N5O7. The van der Waals surface area contributed by atoms with Crippen molar-refractivity contribution in [1.82, 2.24) is 14.5 Å². The molecule has 0 radical (unpaired) electrons. The third-order valence-electron chi connectivity index (χ3n) is 5.35. The summed E-state index contributed by atoms with van der Waals surface area (Å²) >= 11 is 0. The lowest BCUT2D eigenvalue weighted by Gasteiger charge is -2.08. The van der Waals surface area contributed by atoms with Crippen LogP contribution in [0.4, 0.5) is 11.4 Å². The lowest BCUT2D eigenvalue weighted by molar-refractivity contribution is -0.386. The lowest BCUT2D eigenvalue weighted by atomic mass is 10.1. The first-order chi connectivity index (χ1) is 16.9. The molecule has 0 fully saturated rings. The first kappa shape index (κ1) is 21.7. The first-order valence-electron chi connectivity index (χ1n) is 10.4. The molecule has 5 rings (SSSR count). The van der Waals surface area contributed by atoms with Gasteiger partial charge in [-0.2, -0.15) is 0 Å². The molecule has 0 saturated heterocycles. The van der Waals surface area contributed by atoms with E-state index in [9.17, 15) is 24.5 Å². The summed E-state index contributed by atoms with van der Waals surface area (Å²) in [5, 5.41) is 14.9. The van der Waals surface area contributed by atoms with E-state index in [1.54, 1.807) is 29.0 Å². The molecule has 0 bridgehead atoms. The van der Waals surface area contributed by atoms with Gasteiger partial charge in [0.15, 0.2) is 11.5 Å². The fourth-order valence-electron chi connectivity index (χ4n) is 3.84. The summed E-state index contributed by atoms with van der Waals surface area (Å²) in [4.78, 5) is 50.7. The molecular weight excluding hydrogens is 458 g/mol. The number of nitrogens with one attached hydrogen (secondary N) is 3. The van der Waals surface area contributed by atoms with Gasteiger partial charge in [-0.1, -0.05) is 24.3 Å². The number of fused-ring (bicyclic) bond motifs is 2. The summed E-state index contributed by atoms with van der Waals surface area (Å²) in [5.74, 6) is 0.876. The molecule has 0 unspecified atom stereocenters. The molecule has 12 nitrogen and oxygen atoms in total. The van der Waals surface area contributed by atoms with Gasteiger partial charge < -0.3 is 24.3 Å². The molecule has 0 saturated carbocycles. The third-order valence-corrected chi connectivity index (χ3v) is 5.35. The second-order valence-electron chi connectivity index (χ2n) is 7.61. The fourth-order valence-corrected chi connectivity index (χ4v) is 3.84. The van der Waals surface area contributed by atoms with Crippen LogP contribution in [0.3, 0.4) is 0 Å². The van der Waals surface area contributed by atoms with Crippen molar-refractivity contribution in [3.63, 3.8) is 0 Å². The van der Waals surface area contributed by atoms with E-state index in [-0.39, 0.29) is 24.9 Å². The SMILES string of the molecule is O=C(Cn1cc(/C=C/c2[nH]c(=O)[nH]c(=O)c2[N+](=O)[O-])c2ccccc21)Nc1ccc2c(c1)OCO2. The molecule has 12 heteroatoms. The lowest BCUT2D eigenvalue weighted by Crippen LogP contribution is -2.25. The number of amides is 1. The highest BCUT2D eigenvalue weighted by Gasteiger charge is 2.19. The normalized spacial score (nSPS) is 12.3. The Hall–Kier alpha value is -5.13. The van der Waals surface area contributed by atoms with E-state index in [0.717, 1.165) is 10.9 Å². The number of para-hydroxylation sites is 1. The number of rotatable bonds is 6. The van der Waals surface area contributed by atoms with Crippen molar-refractivity contribution < 1.29 is 19.2 Å². The van der Waals surface area contributed by atoms with E-state index in [4.69, 9.17) is 9.47 Å². The second-order valence-corrected chi connectivity index (χ2v) is 7.61. The maximum Gasteiger partial charge on any atom is 0.357 e. The van der Waals surface area contributed by atoms with Crippen molar-refractivity contribution in [2.24, 2.45) is 0 Å². The highest BCUT2D eigenvalue weighted by Crippen LogP contribution is 2.34. The van der Waals surface area contributed by atoms with Crippen LogP contribution >= 0.6 is 0 Å². The van der Waals surface area contributed by atoms with Gasteiger partial charge in [0.1, 0.15) is 12.2 Å². The van der Waals surface area contributed by atoms with E-state index >= 15 is 0 Å². The summed E-state index contributed by atoms with van der Waals surface area (Å²) in [6, 6.07) is 12.4. The number of H-pyrrole nitrogens is 2. The second kappa shape index (κ2) is 8.67. The van der Waals surface area contributed by atoms with E-state index < -0.39 is 21.9 Å². The molecule has 35 heavy (non-hydrogen) atoms. The van der Waals surface area contributed by atoms with Crippen molar-refractivity contribution in [3.05, 3.63) is 90.9 Å². The molecule has 3 N–H and O–H groups in total. The maximum absolute atomic E-state index is 12.7. The minimum atomic E-state index is -1.10. The van der Waals surface area contributed by atoms with Crippen molar-refractivity contribution in [2.75, 3.05) is 12.1 Å². The zero-order valence-electron chi connectivity index (χ0n) is 17.9. The average molecular weight is 475 g/mol. The Labute approximate surface area is 195 Å². The molecule has 1 amide bonds. The number of carbonyl (C=O) groups is 1. The molecule has 2 aromatic heterocycles. The van der Waals surface area contributed by atoms with Gasteiger partial charge in [0.2, 0.25) is 12.7 Å². The van der Waals surface area contributed by atoms with E-state index in [1.807, 2.05) is 29.2 Å². The van der Waals surface area contributed by atoms with Gasteiger partial charge in [0.05, 0.1) is 4.92 Å². The molecule has 0 spiro atoms.